The summed E-state index contributed by atoms with van der Waals surface area (Å²) in [5, 5.41) is 0. The molecule has 2 aliphatic rings. The Morgan fingerprint density at radius 1 is 1.33 bits per heavy atom. The van der Waals surface area contributed by atoms with E-state index >= 15 is 0 Å². The number of para-hydroxylation sites is 1. The van der Waals surface area contributed by atoms with Crippen molar-refractivity contribution in [2.45, 2.75) is 13.0 Å². The van der Waals surface area contributed by atoms with Gasteiger partial charge in [0.15, 0.2) is 0 Å². The summed E-state index contributed by atoms with van der Waals surface area (Å²) in [5.74, 6) is -0.284. The Morgan fingerprint density at radius 2 is 2.13 bits per heavy atom. The predicted octanol–water partition coefficient (Wildman–Crippen LogP) is 2.10. The summed E-state index contributed by atoms with van der Waals surface area (Å²) >= 11 is 0. The summed E-state index contributed by atoms with van der Waals surface area (Å²) in [4.78, 5) is 15.7. The van der Waals surface area contributed by atoms with E-state index in [9.17, 15) is 4.79 Å². The minimum absolute atomic E-state index is 0.245. The van der Waals surface area contributed by atoms with Gasteiger partial charge in [-0.15, -0.1) is 0 Å². The first kappa shape index (κ1) is 8.41. The number of esters is 1. The molecule has 0 radical (unpaired) electrons. The van der Waals surface area contributed by atoms with Crippen molar-refractivity contribution in [1.82, 2.24) is 0 Å². The smallest absolute Gasteiger partial charge is 0.332 e. The summed E-state index contributed by atoms with van der Waals surface area (Å²) in [6, 6.07) is 7.80. The van der Waals surface area contributed by atoms with Crippen LogP contribution in [-0.2, 0) is 9.53 Å². The van der Waals surface area contributed by atoms with E-state index in [4.69, 9.17) is 4.74 Å². The van der Waals surface area contributed by atoms with E-state index < -0.39 is 0 Å². The standard InChI is InChI=1S/C12H9NO2/c1-7-12-9(6-11(14)15-7)8-4-2-3-5-10(8)13-12/h2-7H,1H3. The third-order valence-corrected chi connectivity index (χ3v) is 2.65. The van der Waals surface area contributed by atoms with Gasteiger partial charge < -0.3 is 4.74 Å². The topological polar surface area (TPSA) is 38.7 Å². The monoisotopic (exact) mass is 199 g/mol. The number of hydrogen-bond acceptors (Lipinski definition) is 3. The highest BCUT2D eigenvalue weighted by Crippen LogP contribution is 2.37. The van der Waals surface area contributed by atoms with Crippen molar-refractivity contribution < 1.29 is 9.53 Å². The SMILES string of the molecule is CC1OC(=O)C=C2C1=Nc1ccccc12. The van der Waals surface area contributed by atoms with Crippen LogP contribution < -0.4 is 0 Å². The fraction of sp³-hybridized carbons (Fsp3) is 0.167. The Kier molecular flexibility index (Phi) is 1.57. The Hall–Kier alpha value is -1.90. The Morgan fingerprint density at radius 3 is 3.00 bits per heavy atom. The van der Waals surface area contributed by atoms with Crippen LogP contribution in [0.25, 0.3) is 5.57 Å². The van der Waals surface area contributed by atoms with E-state index in [2.05, 4.69) is 4.99 Å². The second kappa shape index (κ2) is 2.79. The summed E-state index contributed by atoms with van der Waals surface area (Å²) in [6.07, 6.45) is 1.27. The fourth-order valence-corrected chi connectivity index (χ4v) is 1.97. The van der Waals surface area contributed by atoms with Crippen molar-refractivity contribution in [2.24, 2.45) is 4.99 Å². The van der Waals surface area contributed by atoms with Crippen molar-refractivity contribution in [3.63, 3.8) is 0 Å². The molecule has 0 saturated carbocycles. The van der Waals surface area contributed by atoms with Gasteiger partial charge in [-0.25, -0.2) is 9.79 Å². The van der Waals surface area contributed by atoms with Gasteiger partial charge in [-0.3, -0.25) is 0 Å². The van der Waals surface area contributed by atoms with Crippen molar-refractivity contribution in [1.29, 1.82) is 0 Å². The molecule has 74 valence electrons. The zero-order valence-corrected chi connectivity index (χ0v) is 8.23. The largest absolute Gasteiger partial charge is 0.453 e. The Balaban J connectivity index is 2.23. The summed E-state index contributed by atoms with van der Waals surface area (Å²) < 4.78 is 5.09. The lowest BCUT2D eigenvalue weighted by Crippen LogP contribution is -2.27. The first-order chi connectivity index (χ1) is 7.25. The van der Waals surface area contributed by atoms with Crippen LogP contribution in [0.2, 0.25) is 0 Å². The van der Waals surface area contributed by atoms with E-state index in [0.717, 1.165) is 22.5 Å². The molecule has 0 saturated heterocycles. The maximum Gasteiger partial charge on any atom is 0.332 e. The number of rotatable bonds is 0. The average molecular weight is 199 g/mol. The lowest BCUT2D eigenvalue weighted by atomic mass is 9.98. The molecule has 2 aliphatic heterocycles. The van der Waals surface area contributed by atoms with Gasteiger partial charge >= 0.3 is 5.97 Å². The molecule has 0 aliphatic carbocycles. The lowest BCUT2D eigenvalue weighted by molar-refractivity contribution is -0.139. The van der Waals surface area contributed by atoms with Crippen LogP contribution in [-0.4, -0.2) is 17.8 Å². The van der Waals surface area contributed by atoms with Gasteiger partial charge in [0.05, 0.1) is 11.4 Å². The molecule has 3 nitrogen and oxygen atoms in total. The average Bonchev–Trinajstić information content (AvgIpc) is 2.57. The molecule has 1 unspecified atom stereocenters. The van der Waals surface area contributed by atoms with Gasteiger partial charge in [0.25, 0.3) is 0 Å². The third-order valence-electron chi connectivity index (χ3n) is 2.65. The molecular formula is C12H9NO2. The third kappa shape index (κ3) is 1.13. The summed E-state index contributed by atoms with van der Waals surface area (Å²) in [6.45, 7) is 1.84. The molecular weight excluding hydrogens is 190 g/mol. The molecule has 0 fully saturated rings. The summed E-state index contributed by atoms with van der Waals surface area (Å²) in [5.41, 5.74) is 3.71. The van der Waals surface area contributed by atoms with Crippen molar-refractivity contribution in [3.05, 3.63) is 35.9 Å². The van der Waals surface area contributed by atoms with Gasteiger partial charge in [0, 0.05) is 17.2 Å². The number of carbonyl (C=O) groups is 1. The van der Waals surface area contributed by atoms with Crippen LogP contribution >= 0.6 is 0 Å². The van der Waals surface area contributed by atoms with Gasteiger partial charge in [0.1, 0.15) is 6.10 Å². The maximum absolute atomic E-state index is 11.3. The molecule has 1 atom stereocenters. The molecule has 3 rings (SSSR count). The van der Waals surface area contributed by atoms with Crippen LogP contribution in [0.4, 0.5) is 5.69 Å². The number of aliphatic imine (C=N–C) groups is 1. The molecule has 15 heavy (non-hydrogen) atoms. The first-order valence-corrected chi connectivity index (χ1v) is 4.86. The number of hydrogen-bond donors (Lipinski definition) is 0. The number of nitrogens with zero attached hydrogens (tertiary/aromatic N) is 1. The van der Waals surface area contributed by atoms with Crippen LogP contribution in [0.5, 0.6) is 0 Å². The second-order valence-corrected chi connectivity index (χ2v) is 3.65. The number of fused-ring (bicyclic) bond motifs is 3. The number of carbonyl (C=O) groups excluding carboxylic acids is 1. The van der Waals surface area contributed by atoms with Gasteiger partial charge in [-0.05, 0) is 13.0 Å². The molecule has 0 N–H and O–H groups in total. The van der Waals surface area contributed by atoms with Crippen LogP contribution in [0.15, 0.2) is 35.3 Å². The number of cyclic esters (lactones) is 1. The normalized spacial score (nSPS) is 22.5. The van der Waals surface area contributed by atoms with E-state index in [-0.39, 0.29) is 12.1 Å². The Labute approximate surface area is 87.1 Å². The minimum atomic E-state index is -0.284. The highest BCUT2D eigenvalue weighted by molar-refractivity contribution is 6.34. The van der Waals surface area contributed by atoms with Gasteiger partial charge in [-0.2, -0.15) is 0 Å². The molecule has 0 amide bonds. The summed E-state index contributed by atoms with van der Waals surface area (Å²) in [7, 11) is 0. The van der Waals surface area contributed by atoms with Crippen molar-refractivity contribution in [2.75, 3.05) is 0 Å². The van der Waals surface area contributed by atoms with Crippen LogP contribution in [0.3, 0.4) is 0 Å². The lowest BCUT2D eigenvalue weighted by Gasteiger charge is -2.18. The Bertz CT molecular complexity index is 514. The maximum atomic E-state index is 11.3. The molecule has 2 heterocycles. The number of benzene rings is 1. The molecule has 0 bridgehead atoms. The first-order valence-electron chi connectivity index (χ1n) is 4.86. The van der Waals surface area contributed by atoms with Gasteiger partial charge in [0.2, 0.25) is 0 Å². The van der Waals surface area contributed by atoms with E-state index in [1.807, 2.05) is 31.2 Å². The molecule has 3 heteroatoms. The van der Waals surface area contributed by atoms with Crippen LogP contribution in [0, 0.1) is 0 Å². The zero-order valence-electron chi connectivity index (χ0n) is 8.23. The quantitative estimate of drug-likeness (QED) is 0.600. The minimum Gasteiger partial charge on any atom is -0.453 e. The van der Waals surface area contributed by atoms with Gasteiger partial charge in [-0.1, -0.05) is 18.2 Å². The number of ether oxygens (including phenoxy) is 1. The zero-order chi connectivity index (χ0) is 10.4. The van der Waals surface area contributed by atoms with E-state index in [0.29, 0.717) is 0 Å². The van der Waals surface area contributed by atoms with Crippen LogP contribution in [0.1, 0.15) is 12.5 Å². The van der Waals surface area contributed by atoms with E-state index in [1.54, 1.807) is 0 Å². The molecule has 1 aromatic rings. The van der Waals surface area contributed by atoms with Crippen molar-refractivity contribution in [3.8, 4) is 0 Å². The molecule has 0 aromatic heterocycles. The predicted molar refractivity (Wildman–Crippen MR) is 57.1 cm³/mol. The highest BCUT2D eigenvalue weighted by atomic mass is 16.5. The molecule has 1 aromatic carbocycles. The van der Waals surface area contributed by atoms with E-state index in [1.165, 1.54) is 6.08 Å². The molecule has 0 spiro atoms. The highest BCUT2D eigenvalue weighted by Gasteiger charge is 2.31. The second-order valence-electron chi connectivity index (χ2n) is 3.65. The fourth-order valence-electron chi connectivity index (χ4n) is 1.97. The van der Waals surface area contributed by atoms with Crippen molar-refractivity contribution >= 4 is 22.9 Å².